The molecule has 94 valence electrons. The van der Waals surface area contributed by atoms with Crippen molar-refractivity contribution in [2.75, 3.05) is 13.6 Å². The smallest absolute Gasteiger partial charge is 0.255 e. The number of carbonyl (C=O) groups is 1. The van der Waals surface area contributed by atoms with Gasteiger partial charge < -0.3 is 10.0 Å². The highest BCUT2D eigenvalue weighted by molar-refractivity contribution is 5.81. The number of carbonyl (C=O) groups excluding carboxylic acids is 1. The van der Waals surface area contributed by atoms with Gasteiger partial charge in [-0.2, -0.15) is 0 Å². The van der Waals surface area contributed by atoms with Crippen molar-refractivity contribution in [3.63, 3.8) is 0 Å². The third kappa shape index (κ3) is 3.86. The highest BCUT2D eigenvalue weighted by Crippen LogP contribution is 2.16. The number of aryl methyl sites for hydroxylation is 1. The standard InChI is InChI=1S/C14H21NO2/c1-4-5-10-15(3)14(17)13(16)12-8-6-11(2)7-9-12/h6-9,13,16H,4-5,10H2,1-3H3. The molecule has 1 N–H and O–H groups in total. The summed E-state index contributed by atoms with van der Waals surface area (Å²) in [5.41, 5.74) is 1.77. The highest BCUT2D eigenvalue weighted by Gasteiger charge is 2.20. The molecular weight excluding hydrogens is 214 g/mol. The van der Waals surface area contributed by atoms with E-state index in [9.17, 15) is 9.90 Å². The molecule has 1 amide bonds. The number of unbranched alkanes of at least 4 members (excludes halogenated alkanes) is 1. The molecule has 0 fully saturated rings. The molecule has 1 aromatic carbocycles. The number of hydrogen-bond donors (Lipinski definition) is 1. The van der Waals surface area contributed by atoms with Crippen molar-refractivity contribution in [1.82, 2.24) is 4.90 Å². The van der Waals surface area contributed by atoms with Crippen LogP contribution >= 0.6 is 0 Å². The zero-order chi connectivity index (χ0) is 12.8. The maximum atomic E-state index is 11.9. The Labute approximate surface area is 103 Å². The number of amides is 1. The van der Waals surface area contributed by atoms with Gasteiger partial charge in [0.2, 0.25) is 0 Å². The zero-order valence-corrected chi connectivity index (χ0v) is 10.8. The maximum Gasteiger partial charge on any atom is 0.255 e. The van der Waals surface area contributed by atoms with E-state index in [1.165, 1.54) is 0 Å². The average Bonchev–Trinajstić information content (AvgIpc) is 2.35. The topological polar surface area (TPSA) is 40.5 Å². The molecule has 0 aliphatic rings. The largest absolute Gasteiger partial charge is 0.378 e. The van der Waals surface area contributed by atoms with Crippen molar-refractivity contribution >= 4 is 5.91 Å². The van der Waals surface area contributed by atoms with Crippen LogP contribution in [0.1, 0.15) is 37.0 Å². The van der Waals surface area contributed by atoms with Crippen LogP contribution < -0.4 is 0 Å². The molecule has 1 atom stereocenters. The molecule has 17 heavy (non-hydrogen) atoms. The van der Waals surface area contributed by atoms with Gasteiger partial charge in [0, 0.05) is 13.6 Å². The molecule has 1 rings (SSSR count). The second kappa shape index (κ2) is 6.40. The number of hydrogen-bond acceptors (Lipinski definition) is 2. The van der Waals surface area contributed by atoms with Crippen LogP contribution in [0.5, 0.6) is 0 Å². The van der Waals surface area contributed by atoms with Gasteiger partial charge >= 0.3 is 0 Å². The average molecular weight is 235 g/mol. The van der Waals surface area contributed by atoms with E-state index in [0.717, 1.165) is 18.4 Å². The lowest BCUT2D eigenvalue weighted by atomic mass is 10.1. The van der Waals surface area contributed by atoms with Crippen LogP contribution in [0.2, 0.25) is 0 Å². The second-order valence-electron chi connectivity index (χ2n) is 4.43. The van der Waals surface area contributed by atoms with Gasteiger partial charge in [-0.1, -0.05) is 43.2 Å². The summed E-state index contributed by atoms with van der Waals surface area (Å²) in [7, 11) is 1.73. The van der Waals surface area contributed by atoms with E-state index in [1.807, 2.05) is 19.1 Å². The van der Waals surface area contributed by atoms with E-state index < -0.39 is 6.10 Å². The minimum Gasteiger partial charge on any atom is -0.378 e. The summed E-state index contributed by atoms with van der Waals surface area (Å²) < 4.78 is 0. The Kier molecular flexibility index (Phi) is 5.16. The molecule has 0 saturated heterocycles. The molecule has 3 nitrogen and oxygen atoms in total. The van der Waals surface area contributed by atoms with Crippen molar-refractivity contribution in [1.29, 1.82) is 0 Å². The van der Waals surface area contributed by atoms with Gasteiger partial charge in [-0.15, -0.1) is 0 Å². The zero-order valence-electron chi connectivity index (χ0n) is 10.8. The summed E-state index contributed by atoms with van der Waals surface area (Å²) in [6.45, 7) is 4.75. The monoisotopic (exact) mass is 235 g/mol. The van der Waals surface area contributed by atoms with E-state index in [2.05, 4.69) is 6.92 Å². The Bertz CT molecular complexity index is 359. The molecular formula is C14H21NO2. The van der Waals surface area contributed by atoms with Crippen molar-refractivity contribution in [2.45, 2.75) is 32.8 Å². The third-order valence-electron chi connectivity index (χ3n) is 2.85. The first-order valence-corrected chi connectivity index (χ1v) is 6.06. The first kappa shape index (κ1) is 13.7. The normalized spacial score (nSPS) is 12.2. The Morgan fingerprint density at radius 3 is 2.47 bits per heavy atom. The lowest BCUT2D eigenvalue weighted by Crippen LogP contribution is -2.32. The second-order valence-corrected chi connectivity index (χ2v) is 4.43. The first-order valence-electron chi connectivity index (χ1n) is 6.06. The van der Waals surface area contributed by atoms with Crippen molar-refractivity contribution in [3.8, 4) is 0 Å². The number of aliphatic hydroxyl groups excluding tert-OH is 1. The van der Waals surface area contributed by atoms with E-state index >= 15 is 0 Å². The van der Waals surface area contributed by atoms with Crippen molar-refractivity contribution in [3.05, 3.63) is 35.4 Å². The Balaban J connectivity index is 2.65. The van der Waals surface area contributed by atoms with E-state index in [4.69, 9.17) is 0 Å². The summed E-state index contributed by atoms with van der Waals surface area (Å²) in [4.78, 5) is 13.5. The van der Waals surface area contributed by atoms with E-state index in [-0.39, 0.29) is 5.91 Å². The molecule has 0 bridgehead atoms. The van der Waals surface area contributed by atoms with Crippen LogP contribution in [0.25, 0.3) is 0 Å². The Morgan fingerprint density at radius 1 is 1.35 bits per heavy atom. The molecule has 1 unspecified atom stereocenters. The Hall–Kier alpha value is -1.35. The molecule has 0 saturated carbocycles. The summed E-state index contributed by atoms with van der Waals surface area (Å²) in [6.07, 6.45) is 0.957. The summed E-state index contributed by atoms with van der Waals surface area (Å²) in [5, 5.41) is 9.96. The molecule has 0 heterocycles. The van der Waals surface area contributed by atoms with Crippen LogP contribution in [0.15, 0.2) is 24.3 Å². The third-order valence-corrected chi connectivity index (χ3v) is 2.85. The van der Waals surface area contributed by atoms with Crippen LogP contribution in [-0.2, 0) is 4.79 Å². The minimum absolute atomic E-state index is 0.234. The van der Waals surface area contributed by atoms with Gasteiger partial charge in [0.1, 0.15) is 0 Å². The van der Waals surface area contributed by atoms with Gasteiger partial charge in [0.25, 0.3) is 5.91 Å². The highest BCUT2D eigenvalue weighted by atomic mass is 16.3. The SMILES string of the molecule is CCCCN(C)C(=O)C(O)c1ccc(C)cc1. The molecule has 0 aliphatic heterocycles. The predicted molar refractivity (Wildman–Crippen MR) is 68.7 cm³/mol. The molecule has 0 aromatic heterocycles. The number of benzene rings is 1. The predicted octanol–water partition coefficient (Wildman–Crippen LogP) is 2.29. The molecule has 3 heteroatoms. The van der Waals surface area contributed by atoms with Crippen LogP contribution in [0.4, 0.5) is 0 Å². The maximum absolute atomic E-state index is 11.9. The number of rotatable bonds is 5. The Morgan fingerprint density at radius 2 is 1.94 bits per heavy atom. The van der Waals surface area contributed by atoms with Crippen molar-refractivity contribution < 1.29 is 9.90 Å². The van der Waals surface area contributed by atoms with Crippen LogP contribution in [-0.4, -0.2) is 29.5 Å². The summed E-state index contributed by atoms with van der Waals surface area (Å²) in [5.74, 6) is -0.234. The van der Waals surface area contributed by atoms with E-state index in [1.54, 1.807) is 24.1 Å². The molecule has 1 aromatic rings. The van der Waals surface area contributed by atoms with Crippen LogP contribution in [0.3, 0.4) is 0 Å². The van der Waals surface area contributed by atoms with Crippen molar-refractivity contribution in [2.24, 2.45) is 0 Å². The fraction of sp³-hybridized carbons (Fsp3) is 0.500. The number of nitrogens with zero attached hydrogens (tertiary/aromatic N) is 1. The molecule has 0 radical (unpaired) electrons. The minimum atomic E-state index is -1.04. The lowest BCUT2D eigenvalue weighted by molar-refractivity contribution is -0.139. The number of likely N-dealkylation sites (N-methyl/N-ethyl adjacent to an activating group) is 1. The quantitative estimate of drug-likeness (QED) is 0.850. The van der Waals surface area contributed by atoms with E-state index in [0.29, 0.717) is 12.1 Å². The summed E-state index contributed by atoms with van der Waals surface area (Å²) >= 11 is 0. The van der Waals surface area contributed by atoms with Gasteiger partial charge in [-0.05, 0) is 18.9 Å². The lowest BCUT2D eigenvalue weighted by Gasteiger charge is -2.20. The fourth-order valence-electron chi connectivity index (χ4n) is 1.61. The van der Waals surface area contributed by atoms with Crippen LogP contribution in [0, 0.1) is 6.92 Å². The van der Waals surface area contributed by atoms with Gasteiger partial charge in [0.05, 0.1) is 0 Å². The fourth-order valence-corrected chi connectivity index (χ4v) is 1.61. The van der Waals surface area contributed by atoms with Gasteiger partial charge in [-0.25, -0.2) is 0 Å². The number of aliphatic hydroxyl groups is 1. The molecule has 0 spiro atoms. The molecule has 0 aliphatic carbocycles. The first-order chi connectivity index (χ1) is 8.06. The summed E-state index contributed by atoms with van der Waals surface area (Å²) in [6, 6.07) is 7.40. The van der Waals surface area contributed by atoms with Gasteiger partial charge in [-0.3, -0.25) is 4.79 Å². The van der Waals surface area contributed by atoms with Gasteiger partial charge in [0.15, 0.2) is 6.10 Å².